The van der Waals surface area contributed by atoms with E-state index in [4.69, 9.17) is 4.42 Å². The van der Waals surface area contributed by atoms with Crippen LogP contribution in [0.5, 0.6) is 0 Å². The first-order valence-electron chi connectivity index (χ1n) is 7.47. The highest BCUT2D eigenvalue weighted by molar-refractivity contribution is 7.85. The summed E-state index contributed by atoms with van der Waals surface area (Å²) >= 11 is 0. The van der Waals surface area contributed by atoms with Gasteiger partial charge in [-0.3, -0.25) is 9.29 Å². The maximum absolute atomic E-state index is 14.5. The number of benzene rings is 1. The van der Waals surface area contributed by atoms with Crippen molar-refractivity contribution >= 4 is 16.7 Å². The Balaban J connectivity index is 1.87. The Labute approximate surface area is 153 Å². The third-order valence-corrected chi connectivity index (χ3v) is 4.49. The van der Waals surface area contributed by atoms with Gasteiger partial charge in [0.2, 0.25) is 5.89 Å². The van der Waals surface area contributed by atoms with Crippen molar-refractivity contribution in [2.24, 2.45) is 0 Å². The van der Waals surface area contributed by atoms with Crippen LogP contribution < -0.4 is 4.31 Å². The smallest absolute Gasteiger partial charge is 0.314 e. The van der Waals surface area contributed by atoms with E-state index in [1.54, 1.807) is 0 Å². The topological polar surface area (TPSA) is 72.1 Å². The summed E-state index contributed by atoms with van der Waals surface area (Å²) < 4.78 is 70.9. The molecule has 0 amide bonds. The summed E-state index contributed by atoms with van der Waals surface area (Å²) in [6.45, 7) is -0.132. The van der Waals surface area contributed by atoms with E-state index in [0.29, 0.717) is 0 Å². The largest absolute Gasteiger partial charge is 0.415 e. The zero-order valence-corrected chi connectivity index (χ0v) is 14.6. The molecular formula is C16H12F4N4O2S. The zero-order valence-electron chi connectivity index (χ0n) is 13.8. The highest BCUT2D eigenvalue weighted by atomic mass is 32.2. The van der Waals surface area contributed by atoms with Gasteiger partial charge in [-0.25, -0.2) is 13.0 Å². The molecule has 11 heteroatoms. The highest BCUT2D eigenvalue weighted by Crippen LogP contribution is 2.26. The third-order valence-electron chi connectivity index (χ3n) is 3.53. The maximum Gasteiger partial charge on any atom is 0.314 e. The molecule has 2 aromatic heterocycles. The number of halogens is 4. The molecule has 6 nitrogen and oxygen atoms in total. The SMILES string of the molecule is CS(=O)N(Cc1ccc(-c2nnc(C(F)F)o2)cc1F)c1cncc(F)c1. The molecule has 27 heavy (non-hydrogen) atoms. The van der Waals surface area contributed by atoms with Crippen LogP contribution >= 0.6 is 0 Å². The van der Waals surface area contributed by atoms with Gasteiger partial charge in [0.25, 0.3) is 5.89 Å². The van der Waals surface area contributed by atoms with Crippen molar-refractivity contribution < 1.29 is 26.2 Å². The van der Waals surface area contributed by atoms with Gasteiger partial charge in [-0.05, 0) is 12.1 Å². The Bertz CT molecular complexity index is 983. The summed E-state index contributed by atoms with van der Waals surface area (Å²) in [6.07, 6.45) is 0.735. The van der Waals surface area contributed by atoms with Crippen molar-refractivity contribution in [3.63, 3.8) is 0 Å². The Kier molecular flexibility index (Phi) is 5.49. The van der Waals surface area contributed by atoms with Crippen molar-refractivity contribution in [2.75, 3.05) is 10.6 Å². The van der Waals surface area contributed by atoms with Gasteiger partial charge in [-0.2, -0.15) is 8.78 Å². The second-order valence-electron chi connectivity index (χ2n) is 5.37. The Hall–Kier alpha value is -2.82. The van der Waals surface area contributed by atoms with Crippen LogP contribution in [0.4, 0.5) is 23.2 Å². The van der Waals surface area contributed by atoms with E-state index in [-0.39, 0.29) is 29.2 Å². The number of pyridine rings is 1. The first-order valence-corrected chi connectivity index (χ1v) is 8.98. The van der Waals surface area contributed by atoms with Gasteiger partial charge in [-0.1, -0.05) is 6.07 Å². The molecule has 142 valence electrons. The molecule has 1 atom stereocenters. The quantitative estimate of drug-likeness (QED) is 0.591. The van der Waals surface area contributed by atoms with Crippen LogP contribution in [0.2, 0.25) is 0 Å². The number of aromatic nitrogens is 3. The predicted octanol–water partition coefficient (Wildman–Crippen LogP) is 3.65. The van der Waals surface area contributed by atoms with E-state index in [2.05, 4.69) is 15.2 Å². The first-order chi connectivity index (χ1) is 12.8. The molecule has 0 radical (unpaired) electrons. The van der Waals surface area contributed by atoms with Gasteiger partial charge in [0.1, 0.15) is 22.6 Å². The van der Waals surface area contributed by atoms with Crippen LogP contribution in [0.15, 0.2) is 41.1 Å². The summed E-state index contributed by atoms with van der Waals surface area (Å²) in [6, 6.07) is 4.94. The molecule has 0 aliphatic rings. The lowest BCUT2D eigenvalue weighted by Crippen LogP contribution is -2.25. The van der Waals surface area contributed by atoms with E-state index in [1.165, 1.54) is 28.9 Å². The number of hydrogen-bond acceptors (Lipinski definition) is 5. The molecule has 0 N–H and O–H groups in total. The molecule has 0 aliphatic heterocycles. The molecule has 0 saturated carbocycles. The van der Waals surface area contributed by atoms with Crippen molar-refractivity contribution in [3.05, 3.63) is 59.7 Å². The van der Waals surface area contributed by atoms with Crippen LogP contribution in [-0.2, 0) is 17.5 Å². The fourth-order valence-corrected chi connectivity index (χ4v) is 2.99. The fraction of sp³-hybridized carbons (Fsp3) is 0.188. The van der Waals surface area contributed by atoms with Gasteiger partial charge in [-0.15, -0.1) is 10.2 Å². The van der Waals surface area contributed by atoms with Crippen LogP contribution in [0.25, 0.3) is 11.5 Å². The molecule has 1 unspecified atom stereocenters. The van der Waals surface area contributed by atoms with Crippen LogP contribution in [0, 0.1) is 11.6 Å². The van der Waals surface area contributed by atoms with E-state index in [1.807, 2.05) is 0 Å². The Morgan fingerprint density at radius 2 is 1.96 bits per heavy atom. The van der Waals surface area contributed by atoms with Crippen molar-refractivity contribution in [2.45, 2.75) is 13.0 Å². The van der Waals surface area contributed by atoms with Gasteiger partial charge in [0.15, 0.2) is 0 Å². The number of alkyl halides is 2. The molecule has 3 rings (SSSR count). The minimum absolute atomic E-state index is 0.118. The van der Waals surface area contributed by atoms with Gasteiger partial charge >= 0.3 is 6.43 Å². The number of nitrogens with zero attached hydrogens (tertiary/aromatic N) is 4. The minimum atomic E-state index is -2.93. The van der Waals surface area contributed by atoms with E-state index < -0.39 is 34.9 Å². The third kappa shape index (κ3) is 4.30. The van der Waals surface area contributed by atoms with Crippen molar-refractivity contribution in [1.82, 2.24) is 15.2 Å². The maximum atomic E-state index is 14.5. The van der Waals surface area contributed by atoms with Crippen LogP contribution in [0.1, 0.15) is 17.9 Å². The van der Waals surface area contributed by atoms with E-state index >= 15 is 0 Å². The average Bonchev–Trinajstić information content (AvgIpc) is 3.10. The summed E-state index contributed by atoms with van der Waals surface area (Å²) in [5, 5.41) is 6.64. The molecule has 0 saturated heterocycles. The van der Waals surface area contributed by atoms with Crippen molar-refractivity contribution in [3.8, 4) is 11.5 Å². The summed E-state index contributed by atoms with van der Waals surface area (Å²) in [5.74, 6) is -2.43. The monoisotopic (exact) mass is 400 g/mol. The van der Waals surface area contributed by atoms with Crippen LogP contribution in [0.3, 0.4) is 0 Å². The van der Waals surface area contributed by atoms with Gasteiger partial charge in [0, 0.05) is 23.4 Å². The summed E-state index contributed by atoms with van der Waals surface area (Å²) in [7, 11) is -1.58. The molecular weight excluding hydrogens is 388 g/mol. The number of hydrogen-bond donors (Lipinski definition) is 0. The predicted molar refractivity (Wildman–Crippen MR) is 89.1 cm³/mol. The molecule has 0 aliphatic carbocycles. The second-order valence-corrected chi connectivity index (χ2v) is 6.66. The summed E-state index contributed by atoms with van der Waals surface area (Å²) in [4.78, 5) is 3.69. The van der Waals surface area contributed by atoms with Crippen molar-refractivity contribution in [1.29, 1.82) is 0 Å². The molecule has 2 heterocycles. The number of rotatable bonds is 6. The average molecular weight is 400 g/mol. The lowest BCUT2D eigenvalue weighted by Gasteiger charge is -2.21. The Morgan fingerprint density at radius 1 is 1.19 bits per heavy atom. The van der Waals surface area contributed by atoms with Crippen LogP contribution in [-0.4, -0.2) is 25.6 Å². The first kappa shape index (κ1) is 19.0. The summed E-state index contributed by atoms with van der Waals surface area (Å²) in [5.41, 5.74) is 0.483. The fourth-order valence-electron chi connectivity index (χ4n) is 2.27. The molecule has 0 spiro atoms. The normalized spacial score (nSPS) is 12.4. The van der Waals surface area contributed by atoms with Gasteiger partial charge in [0.05, 0.1) is 24.6 Å². The standard InChI is InChI=1S/C16H12F4N4O2S/c1-27(25)24(12-5-11(17)6-21-7-12)8-10-3-2-9(4-13(10)18)15-22-23-16(26-15)14(19)20/h2-7,14H,8H2,1H3. The van der Waals surface area contributed by atoms with E-state index in [0.717, 1.165) is 18.3 Å². The Morgan fingerprint density at radius 3 is 2.56 bits per heavy atom. The lowest BCUT2D eigenvalue weighted by atomic mass is 10.1. The van der Waals surface area contributed by atoms with E-state index in [9.17, 15) is 21.8 Å². The number of anilines is 1. The lowest BCUT2D eigenvalue weighted by molar-refractivity contribution is 0.116. The second kappa shape index (κ2) is 7.82. The molecule has 3 aromatic rings. The molecule has 1 aromatic carbocycles. The molecule has 0 fully saturated rings. The highest BCUT2D eigenvalue weighted by Gasteiger charge is 2.19. The molecule has 0 bridgehead atoms. The van der Waals surface area contributed by atoms with Gasteiger partial charge < -0.3 is 4.42 Å². The minimum Gasteiger partial charge on any atom is -0.415 e. The zero-order chi connectivity index (χ0) is 19.6.